The van der Waals surface area contributed by atoms with Gasteiger partial charge in [0.15, 0.2) is 0 Å². The van der Waals surface area contributed by atoms with Crippen LogP contribution in [0.1, 0.15) is 21.5 Å². The van der Waals surface area contributed by atoms with E-state index in [4.69, 9.17) is 16.3 Å². The number of benzene rings is 2. The summed E-state index contributed by atoms with van der Waals surface area (Å²) >= 11 is 6.96. The molecule has 6 nitrogen and oxygen atoms in total. The topological polar surface area (TPSA) is 84.5 Å². The van der Waals surface area contributed by atoms with Gasteiger partial charge in [-0.05, 0) is 35.7 Å². The molecule has 8 heteroatoms. The summed E-state index contributed by atoms with van der Waals surface area (Å²) in [5.41, 5.74) is 2.23. The van der Waals surface area contributed by atoms with Gasteiger partial charge in [0, 0.05) is 11.6 Å². The van der Waals surface area contributed by atoms with Gasteiger partial charge in [-0.2, -0.15) is 0 Å². The number of hydrogen-bond donors (Lipinski definition) is 2. The SMILES string of the molecule is COc1ccc(Cl)cc1C(=O)NCc1ccc(C[C@H]2SC(=O)NC2=O)cc1. The van der Waals surface area contributed by atoms with Gasteiger partial charge in [0.1, 0.15) is 5.75 Å². The van der Waals surface area contributed by atoms with Crippen LogP contribution in [0.2, 0.25) is 5.02 Å². The molecule has 1 fully saturated rings. The van der Waals surface area contributed by atoms with E-state index in [0.29, 0.717) is 29.3 Å². The number of nitrogens with one attached hydrogen (secondary N) is 2. The van der Waals surface area contributed by atoms with Crippen molar-refractivity contribution in [2.24, 2.45) is 0 Å². The number of carbonyl (C=O) groups excluding carboxylic acids is 3. The monoisotopic (exact) mass is 404 g/mol. The summed E-state index contributed by atoms with van der Waals surface area (Å²) in [4.78, 5) is 35.2. The van der Waals surface area contributed by atoms with Crippen LogP contribution in [0.4, 0.5) is 4.79 Å². The number of rotatable bonds is 6. The molecule has 0 spiro atoms. The van der Waals surface area contributed by atoms with E-state index in [1.165, 1.54) is 7.11 Å². The van der Waals surface area contributed by atoms with E-state index in [9.17, 15) is 14.4 Å². The van der Waals surface area contributed by atoms with E-state index in [1.807, 2.05) is 24.3 Å². The van der Waals surface area contributed by atoms with Crippen LogP contribution in [-0.2, 0) is 17.8 Å². The van der Waals surface area contributed by atoms with Gasteiger partial charge in [0.25, 0.3) is 11.1 Å². The average molecular weight is 405 g/mol. The molecule has 1 aliphatic rings. The molecule has 3 rings (SSSR count). The Morgan fingerprint density at radius 1 is 1.19 bits per heavy atom. The van der Waals surface area contributed by atoms with E-state index < -0.39 is 5.25 Å². The van der Waals surface area contributed by atoms with Gasteiger partial charge in [-0.1, -0.05) is 47.6 Å². The molecule has 140 valence electrons. The molecule has 27 heavy (non-hydrogen) atoms. The van der Waals surface area contributed by atoms with Crippen LogP contribution < -0.4 is 15.4 Å². The molecular weight excluding hydrogens is 388 g/mol. The summed E-state index contributed by atoms with van der Waals surface area (Å²) < 4.78 is 5.19. The van der Waals surface area contributed by atoms with Crippen LogP contribution in [0.5, 0.6) is 5.75 Å². The van der Waals surface area contributed by atoms with Crippen molar-refractivity contribution in [2.75, 3.05) is 7.11 Å². The van der Waals surface area contributed by atoms with Crippen LogP contribution in [0.3, 0.4) is 0 Å². The van der Waals surface area contributed by atoms with Gasteiger partial charge < -0.3 is 10.1 Å². The Kier molecular flexibility index (Phi) is 6.03. The van der Waals surface area contributed by atoms with Gasteiger partial charge in [-0.3, -0.25) is 19.7 Å². The van der Waals surface area contributed by atoms with Crippen LogP contribution in [0.25, 0.3) is 0 Å². The lowest BCUT2D eigenvalue weighted by Gasteiger charge is -2.10. The third kappa shape index (κ3) is 4.81. The maximum Gasteiger partial charge on any atom is 0.286 e. The molecule has 2 N–H and O–H groups in total. The lowest BCUT2D eigenvalue weighted by Crippen LogP contribution is -2.25. The van der Waals surface area contributed by atoms with Gasteiger partial charge in [-0.15, -0.1) is 0 Å². The number of carbonyl (C=O) groups is 3. The van der Waals surface area contributed by atoms with Crippen molar-refractivity contribution in [1.29, 1.82) is 0 Å². The molecule has 0 bridgehead atoms. The number of amides is 3. The highest BCUT2D eigenvalue weighted by Gasteiger charge is 2.31. The summed E-state index contributed by atoms with van der Waals surface area (Å²) in [5, 5.41) is 4.87. The van der Waals surface area contributed by atoms with Crippen LogP contribution in [0.15, 0.2) is 42.5 Å². The summed E-state index contributed by atoms with van der Waals surface area (Å²) in [7, 11) is 1.50. The molecule has 1 aliphatic heterocycles. The minimum absolute atomic E-state index is 0.253. The molecule has 0 saturated carbocycles. The molecule has 2 aromatic carbocycles. The molecule has 1 saturated heterocycles. The fraction of sp³-hybridized carbons (Fsp3) is 0.211. The summed E-state index contributed by atoms with van der Waals surface area (Å²) in [5.74, 6) is -0.0816. The predicted octanol–water partition coefficient (Wildman–Crippen LogP) is 3.17. The molecule has 0 aliphatic carbocycles. The minimum Gasteiger partial charge on any atom is -0.496 e. The van der Waals surface area contributed by atoms with Gasteiger partial charge in [0.2, 0.25) is 5.91 Å². The highest BCUT2D eigenvalue weighted by atomic mass is 35.5. The Balaban J connectivity index is 1.59. The van der Waals surface area contributed by atoms with Crippen LogP contribution in [-0.4, -0.2) is 29.4 Å². The molecule has 0 radical (unpaired) electrons. The van der Waals surface area contributed by atoms with E-state index >= 15 is 0 Å². The molecule has 3 amide bonds. The number of halogens is 1. The first kappa shape index (κ1) is 19.3. The zero-order valence-electron chi connectivity index (χ0n) is 14.5. The number of thioether (sulfide) groups is 1. The molecular formula is C19H17ClN2O4S. The second-order valence-electron chi connectivity index (χ2n) is 5.93. The first-order chi connectivity index (χ1) is 13.0. The van der Waals surface area contributed by atoms with E-state index in [0.717, 1.165) is 22.9 Å². The van der Waals surface area contributed by atoms with Crippen molar-refractivity contribution in [3.63, 3.8) is 0 Å². The van der Waals surface area contributed by atoms with E-state index in [-0.39, 0.29) is 17.1 Å². The smallest absolute Gasteiger partial charge is 0.286 e. The Morgan fingerprint density at radius 2 is 1.89 bits per heavy atom. The van der Waals surface area contributed by atoms with Gasteiger partial charge >= 0.3 is 0 Å². The van der Waals surface area contributed by atoms with Crippen molar-refractivity contribution in [3.05, 3.63) is 64.2 Å². The summed E-state index contributed by atoms with van der Waals surface area (Å²) in [6.07, 6.45) is 0.481. The highest BCUT2D eigenvalue weighted by Crippen LogP contribution is 2.24. The van der Waals surface area contributed by atoms with Crippen LogP contribution in [0, 0.1) is 0 Å². The predicted molar refractivity (Wildman–Crippen MR) is 104 cm³/mol. The average Bonchev–Trinajstić information content (AvgIpc) is 2.97. The lowest BCUT2D eigenvalue weighted by molar-refractivity contribution is -0.118. The van der Waals surface area contributed by atoms with Crippen molar-refractivity contribution in [2.45, 2.75) is 18.2 Å². The fourth-order valence-electron chi connectivity index (χ4n) is 2.67. The Labute approximate surface area is 165 Å². The zero-order valence-corrected chi connectivity index (χ0v) is 16.0. The number of hydrogen-bond acceptors (Lipinski definition) is 5. The van der Waals surface area contributed by atoms with E-state index in [2.05, 4.69) is 10.6 Å². The second kappa shape index (κ2) is 8.45. The van der Waals surface area contributed by atoms with Gasteiger partial charge in [-0.25, -0.2) is 0 Å². The zero-order chi connectivity index (χ0) is 19.4. The fourth-order valence-corrected chi connectivity index (χ4v) is 3.70. The third-order valence-corrected chi connectivity index (χ3v) is 5.29. The normalized spacial score (nSPS) is 16.1. The number of ether oxygens (including phenoxy) is 1. The Hall–Kier alpha value is -2.51. The molecule has 1 atom stereocenters. The van der Waals surface area contributed by atoms with Crippen molar-refractivity contribution in [3.8, 4) is 5.75 Å². The first-order valence-electron chi connectivity index (χ1n) is 8.17. The first-order valence-corrected chi connectivity index (χ1v) is 9.43. The summed E-state index contributed by atoms with van der Waals surface area (Å²) in [6, 6.07) is 12.4. The van der Waals surface area contributed by atoms with Crippen molar-refractivity contribution in [1.82, 2.24) is 10.6 Å². The molecule has 0 unspecified atom stereocenters. The minimum atomic E-state index is -0.390. The van der Waals surface area contributed by atoms with Crippen LogP contribution >= 0.6 is 23.4 Å². The highest BCUT2D eigenvalue weighted by molar-refractivity contribution is 8.15. The lowest BCUT2D eigenvalue weighted by atomic mass is 10.1. The molecule has 2 aromatic rings. The van der Waals surface area contributed by atoms with Crippen molar-refractivity contribution < 1.29 is 19.1 Å². The maximum absolute atomic E-state index is 12.4. The number of imide groups is 1. The Morgan fingerprint density at radius 3 is 2.52 bits per heavy atom. The third-order valence-electron chi connectivity index (χ3n) is 4.07. The maximum atomic E-state index is 12.4. The quantitative estimate of drug-likeness (QED) is 0.772. The van der Waals surface area contributed by atoms with Crippen molar-refractivity contribution >= 4 is 40.4 Å². The largest absolute Gasteiger partial charge is 0.496 e. The Bertz CT molecular complexity index is 886. The second-order valence-corrected chi connectivity index (χ2v) is 7.54. The standard InChI is InChI=1S/C19H17ClN2O4S/c1-26-15-7-6-13(20)9-14(15)17(23)21-10-12-4-2-11(3-5-12)8-16-18(24)22-19(25)27-16/h2-7,9,16H,8,10H2,1H3,(H,21,23)(H,22,24,25)/t16-/m1/s1. The van der Waals surface area contributed by atoms with Gasteiger partial charge in [0.05, 0.1) is 17.9 Å². The van der Waals surface area contributed by atoms with E-state index in [1.54, 1.807) is 18.2 Å². The number of methoxy groups -OCH3 is 1. The summed E-state index contributed by atoms with van der Waals surface area (Å²) in [6.45, 7) is 0.339. The molecule has 1 heterocycles. The molecule has 0 aromatic heterocycles.